The van der Waals surface area contributed by atoms with E-state index in [0.29, 0.717) is 10.0 Å². The number of alkyl halides is 3. The van der Waals surface area contributed by atoms with Gasteiger partial charge in [0, 0.05) is 10.6 Å². The third kappa shape index (κ3) is 3.76. The summed E-state index contributed by atoms with van der Waals surface area (Å²) < 4.78 is 42.9. The molecule has 8 heteroatoms. The van der Waals surface area contributed by atoms with Gasteiger partial charge in [-0.1, -0.05) is 6.07 Å². The second-order valence-electron chi connectivity index (χ2n) is 4.35. The fourth-order valence-corrected chi connectivity index (χ4v) is 2.56. The molecule has 118 valence electrons. The molecular weight excluding hydrogens is 317 g/mol. The van der Waals surface area contributed by atoms with Crippen LogP contribution in [0.15, 0.2) is 24.3 Å². The first-order valence-electron chi connectivity index (χ1n) is 6.40. The molecule has 0 aliphatic heterocycles. The number of carbonyl (C=O) groups excluding carboxylic acids is 1. The molecule has 4 nitrogen and oxygen atoms in total. The third-order valence-corrected chi connectivity index (χ3v) is 3.59. The Bertz CT molecular complexity index is 683. The lowest BCUT2D eigenvalue weighted by Gasteiger charge is -2.08. The summed E-state index contributed by atoms with van der Waals surface area (Å²) in [7, 11) is 0. The van der Waals surface area contributed by atoms with E-state index < -0.39 is 17.7 Å². The number of benzene rings is 1. The fraction of sp³-hybridized carbons (Fsp3) is 0.286. The highest BCUT2D eigenvalue weighted by Gasteiger charge is 2.30. The van der Waals surface area contributed by atoms with Crippen LogP contribution >= 0.6 is 11.3 Å². The van der Waals surface area contributed by atoms with Gasteiger partial charge < -0.3 is 10.1 Å². The van der Waals surface area contributed by atoms with Crippen molar-refractivity contribution in [1.29, 1.82) is 0 Å². The second kappa shape index (κ2) is 6.35. The van der Waals surface area contributed by atoms with E-state index in [1.54, 1.807) is 13.8 Å². The number of halogens is 3. The lowest BCUT2D eigenvalue weighted by molar-refractivity contribution is -0.137. The van der Waals surface area contributed by atoms with Gasteiger partial charge in [-0.3, -0.25) is 0 Å². The highest BCUT2D eigenvalue weighted by molar-refractivity contribution is 7.15. The summed E-state index contributed by atoms with van der Waals surface area (Å²) in [6.07, 6.45) is -4.41. The number of thiazole rings is 1. The predicted octanol–water partition coefficient (Wildman–Crippen LogP) is 4.39. The lowest BCUT2D eigenvalue weighted by Crippen LogP contribution is -2.07. The van der Waals surface area contributed by atoms with Crippen LogP contribution in [0, 0.1) is 6.92 Å². The third-order valence-electron chi connectivity index (χ3n) is 2.71. The molecule has 2 rings (SSSR count). The maximum atomic E-state index is 12.7. The highest BCUT2D eigenvalue weighted by Crippen LogP contribution is 2.32. The van der Waals surface area contributed by atoms with Gasteiger partial charge in [-0.15, -0.1) is 11.3 Å². The van der Waals surface area contributed by atoms with E-state index in [9.17, 15) is 18.0 Å². The Balaban J connectivity index is 2.21. The zero-order valence-corrected chi connectivity index (χ0v) is 12.6. The number of ether oxygens (including phenoxy) is 1. The number of hydrogen-bond donors (Lipinski definition) is 1. The van der Waals surface area contributed by atoms with Gasteiger partial charge in [0.25, 0.3) is 0 Å². The molecule has 0 unspecified atom stereocenters. The number of anilines is 2. The van der Waals surface area contributed by atoms with Crippen molar-refractivity contribution < 1.29 is 22.7 Å². The molecule has 0 bridgehead atoms. The van der Waals surface area contributed by atoms with Gasteiger partial charge in [-0.2, -0.15) is 13.2 Å². The number of nitrogens with zero attached hydrogens (tertiary/aromatic N) is 1. The molecule has 0 aliphatic rings. The molecule has 0 aliphatic carbocycles. The maximum Gasteiger partial charge on any atom is 0.416 e. The summed E-state index contributed by atoms with van der Waals surface area (Å²) in [6.45, 7) is 3.61. The van der Waals surface area contributed by atoms with Crippen molar-refractivity contribution in [1.82, 2.24) is 4.98 Å². The molecule has 0 spiro atoms. The molecule has 0 saturated heterocycles. The first-order valence-corrected chi connectivity index (χ1v) is 7.21. The number of aromatic nitrogens is 1. The van der Waals surface area contributed by atoms with Crippen LogP contribution in [0.1, 0.15) is 27.9 Å². The van der Waals surface area contributed by atoms with Gasteiger partial charge in [0.05, 0.1) is 12.2 Å². The Hall–Kier alpha value is -2.09. The minimum Gasteiger partial charge on any atom is -0.461 e. The molecule has 1 N–H and O–H groups in total. The quantitative estimate of drug-likeness (QED) is 0.845. The molecule has 0 atom stereocenters. The maximum absolute atomic E-state index is 12.7. The average molecular weight is 330 g/mol. The number of hydrogen-bond acceptors (Lipinski definition) is 5. The molecule has 0 radical (unpaired) electrons. The van der Waals surface area contributed by atoms with Crippen LogP contribution in [0.5, 0.6) is 0 Å². The number of rotatable bonds is 4. The van der Waals surface area contributed by atoms with Crippen LogP contribution in [-0.4, -0.2) is 17.6 Å². The van der Waals surface area contributed by atoms with Crippen molar-refractivity contribution in [3.05, 3.63) is 40.4 Å². The predicted molar refractivity (Wildman–Crippen MR) is 77.5 cm³/mol. The van der Waals surface area contributed by atoms with Crippen LogP contribution in [0.25, 0.3) is 0 Å². The van der Waals surface area contributed by atoms with E-state index in [0.717, 1.165) is 12.1 Å². The van der Waals surface area contributed by atoms with Gasteiger partial charge in [-0.05, 0) is 32.0 Å². The highest BCUT2D eigenvalue weighted by atomic mass is 32.1. The Morgan fingerprint density at radius 3 is 2.77 bits per heavy atom. The molecule has 1 heterocycles. The second-order valence-corrected chi connectivity index (χ2v) is 5.55. The van der Waals surface area contributed by atoms with Crippen LogP contribution in [0.3, 0.4) is 0 Å². The van der Waals surface area contributed by atoms with Crippen LogP contribution < -0.4 is 5.32 Å². The van der Waals surface area contributed by atoms with E-state index in [1.807, 2.05) is 0 Å². The van der Waals surface area contributed by atoms with Gasteiger partial charge in [0.15, 0.2) is 10.8 Å². The van der Waals surface area contributed by atoms with Gasteiger partial charge >= 0.3 is 12.1 Å². The topological polar surface area (TPSA) is 51.2 Å². The number of esters is 1. The summed E-state index contributed by atoms with van der Waals surface area (Å²) in [6, 6.07) is 4.77. The van der Waals surface area contributed by atoms with Crippen LogP contribution in [0.4, 0.5) is 24.0 Å². The number of nitrogens with one attached hydrogen (secondary N) is 1. The Morgan fingerprint density at radius 1 is 1.41 bits per heavy atom. The first kappa shape index (κ1) is 16.3. The zero-order chi connectivity index (χ0) is 16.3. The molecule has 0 fully saturated rings. The van der Waals surface area contributed by atoms with Crippen molar-refractivity contribution in [2.45, 2.75) is 20.0 Å². The van der Waals surface area contributed by atoms with Crippen LogP contribution in [0.2, 0.25) is 0 Å². The summed E-state index contributed by atoms with van der Waals surface area (Å²) >= 11 is 1.17. The van der Waals surface area contributed by atoms with E-state index in [2.05, 4.69) is 10.3 Å². The minimum absolute atomic E-state index is 0.168. The monoisotopic (exact) mass is 330 g/mol. The van der Waals surface area contributed by atoms with Gasteiger partial charge in [0.1, 0.15) is 0 Å². The summed E-state index contributed by atoms with van der Waals surface area (Å²) in [4.78, 5) is 16.4. The van der Waals surface area contributed by atoms with E-state index in [1.165, 1.54) is 23.5 Å². The minimum atomic E-state index is -4.41. The SMILES string of the molecule is CCOC(=O)c1nc(Nc2cccc(C(F)(F)F)c2)sc1C. The Kier molecular flexibility index (Phi) is 4.70. The normalized spacial score (nSPS) is 11.3. The van der Waals surface area contributed by atoms with Gasteiger partial charge in [-0.25, -0.2) is 9.78 Å². The van der Waals surface area contributed by atoms with Crippen molar-refractivity contribution in [2.24, 2.45) is 0 Å². The fourth-order valence-electron chi connectivity index (χ4n) is 1.74. The Morgan fingerprint density at radius 2 is 2.14 bits per heavy atom. The van der Waals surface area contributed by atoms with Crippen molar-refractivity contribution in [3.8, 4) is 0 Å². The van der Waals surface area contributed by atoms with Crippen LogP contribution in [-0.2, 0) is 10.9 Å². The van der Waals surface area contributed by atoms with E-state index >= 15 is 0 Å². The number of carbonyl (C=O) groups is 1. The average Bonchev–Trinajstić information content (AvgIpc) is 2.79. The molecule has 1 aromatic heterocycles. The van der Waals surface area contributed by atoms with Crippen molar-refractivity contribution >= 4 is 28.1 Å². The smallest absolute Gasteiger partial charge is 0.416 e. The van der Waals surface area contributed by atoms with E-state index in [-0.39, 0.29) is 18.0 Å². The first-order chi connectivity index (χ1) is 10.3. The van der Waals surface area contributed by atoms with Gasteiger partial charge in [0.2, 0.25) is 0 Å². The van der Waals surface area contributed by atoms with Crippen molar-refractivity contribution in [3.63, 3.8) is 0 Å². The largest absolute Gasteiger partial charge is 0.461 e. The standard InChI is InChI=1S/C14H13F3N2O2S/c1-3-21-12(20)11-8(2)22-13(19-11)18-10-6-4-5-9(7-10)14(15,16)17/h4-7H,3H2,1-2H3,(H,18,19). The summed E-state index contributed by atoms with van der Waals surface area (Å²) in [5.74, 6) is -0.548. The summed E-state index contributed by atoms with van der Waals surface area (Å²) in [5.41, 5.74) is -0.336. The lowest BCUT2D eigenvalue weighted by atomic mass is 10.2. The molecular formula is C14H13F3N2O2S. The molecule has 1 aromatic carbocycles. The zero-order valence-electron chi connectivity index (χ0n) is 11.8. The molecule has 0 amide bonds. The summed E-state index contributed by atoms with van der Waals surface area (Å²) in [5, 5.41) is 3.11. The number of aryl methyl sites for hydroxylation is 1. The molecule has 2 aromatic rings. The van der Waals surface area contributed by atoms with Crippen molar-refractivity contribution in [2.75, 3.05) is 11.9 Å². The molecule has 22 heavy (non-hydrogen) atoms. The van der Waals surface area contributed by atoms with E-state index in [4.69, 9.17) is 4.74 Å². The molecule has 0 saturated carbocycles. The Labute approximate surface area is 128 Å².